The summed E-state index contributed by atoms with van der Waals surface area (Å²) in [4.78, 5) is 15.8. The lowest BCUT2D eigenvalue weighted by Gasteiger charge is -2.29. The van der Waals surface area contributed by atoms with Crippen LogP contribution < -0.4 is 5.32 Å². The van der Waals surface area contributed by atoms with Gasteiger partial charge in [-0.25, -0.2) is 0 Å². The molecule has 1 aliphatic rings. The third kappa shape index (κ3) is 6.52. The molecule has 2 N–H and O–H groups in total. The number of likely N-dealkylation sites (tertiary alicyclic amines) is 1. The van der Waals surface area contributed by atoms with Gasteiger partial charge in [0.1, 0.15) is 0 Å². The van der Waals surface area contributed by atoms with Gasteiger partial charge in [0.15, 0.2) is 0 Å². The molecule has 1 heterocycles. The molecule has 1 fully saturated rings. The largest absolute Gasteiger partial charge is 0.393 e. The van der Waals surface area contributed by atoms with E-state index in [1.54, 1.807) is 0 Å². The van der Waals surface area contributed by atoms with Crippen molar-refractivity contribution in [3.05, 3.63) is 64.7 Å². The van der Waals surface area contributed by atoms with E-state index in [4.69, 9.17) is 11.6 Å². The maximum Gasteiger partial charge on any atom is 0.233 e. The van der Waals surface area contributed by atoms with Crippen LogP contribution in [0, 0.1) is 0 Å². The molecule has 2 aromatic rings. The molecule has 28 heavy (non-hydrogen) atoms. The molecule has 1 atom stereocenters. The molecule has 6 heteroatoms. The minimum atomic E-state index is -0.171. The van der Waals surface area contributed by atoms with E-state index in [0.29, 0.717) is 11.6 Å². The SMILES string of the molecule is CC(Sc1ccc(Cl)cc1)C(=O)NCc1ccc(CN2CCC(O)CC2)cc1. The Balaban J connectivity index is 1.43. The van der Waals surface area contributed by atoms with Gasteiger partial charge in [-0.3, -0.25) is 9.69 Å². The van der Waals surface area contributed by atoms with Gasteiger partial charge in [-0.15, -0.1) is 11.8 Å². The average molecular weight is 419 g/mol. The van der Waals surface area contributed by atoms with Crippen LogP contribution in [0.4, 0.5) is 0 Å². The molecule has 4 nitrogen and oxygen atoms in total. The van der Waals surface area contributed by atoms with Gasteiger partial charge in [0.2, 0.25) is 5.91 Å². The van der Waals surface area contributed by atoms with Crippen molar-refractivity contribution in [1.29, 1.82) is 0 Å². The van der Waals surface area contributed by atoms with Crippen molar-refractivity contribution in [2.45, 2.75) is 49.1 Å². The van der Waals surface area contributed by atoms with Gasteiger partial charge < -0.3 is 10.4 Å². The Hall–Kier alpha value is -1.53. The van der Waals surface area contributed by atoms with Crippen molar-refractivity contribution in [3.8, 4) is 0 Å². The fourth-order valence-electron chi connectivity index (χ4n) is 3.20. The highest BCUT2D eigenvalue weighted by Crippen LogP contribution is 2.24. The van der Waals surface area contributed by atoms with Crippen molar-refractivity contribution in [2.75, 3.05) is 13.1 Å². The molecule has 0 radical (unpaired) electrons. The van der Waals surface area contributed by atoms with Crippen LogP contribution in [0.15, 0.2) is 53.4 Å². The summed E-state index contributed by atoms with van der Waals surface area (Å²) in [6, 6.07) is 15.9. The predicted octanol–water partition coefficient (Wildman–Crippen LogP) is 4.09. The molecule has 3 rings (SSSR count). The van der Waals surface area contributed by atoms with Crippen LogP contribution in [0.5, 0.6) is 0 Å². The summed E-state index contributed by atoms with van der Waals surface area (Å²) in [5.74, 6) is 0.0240. The van der Waals surface area contributed by atoms with Crippen LogP contribution in [-0.4, -0.2) is 40.4 Å². The third-order valence-electron chi connectivity index (χ3n) is 4.95. The molecular weight excluding hydrogens is 392 g/mol. The predicted molar refractivity (Wildman–Crippen MR) is 116 cm³/mol. The lowest BCUT2D eigenvalue weighted by molar-refractivity contribution is -0.120. The Bertz CT molecular complexity index is 759. The Morgan fingerprint density at radius 1 is 1.14 bits per heavy atom. The van der Waals surface area contributed by atoms with E-state index in [2.05, 4.69) is 34.5 Å². The van der Waals surface area contributed by atoms with Gasteiger partial charge in [-0.05, 0) is 55.2 Å². The third-order valence-corrected chi connectivity index (χ3v) is 6.31. The van der Waals surface area contributed by atoms with Crippen molar-refractivity contribution < 1.29 is 9.90 Å². The Labute approximate surface area is 176 Å². The molecule has 0 aliphatic carbocycles. The number of piperidine rings is 1. The van der Waals surface area contributed by atoms with Gasteiger partial charge in [0.05, 0.1) is 11.4 Å². The number of rotatable bonds is 7. The van der Waals surface area contributed by atoms with E-state index in [9.17, 15) is 9.90 Å². The summed E-state index contributed by atoms with van der Waals surface area (Å²) >= 11 is 7.42. The number of carbonyl (C=O) groups excluding carboxylic acids is 1. The summed E-state index contributed by atoms with van der Waals surface area (Å²) in [7, 11) is 0. The normalized spacial score (nSPS) is 16.7. The molecule has 1 unspecified atom stereocenters. The Morgan fingerprint density at radius 3 is 2.39 bits per heavy atom. The molecule has 1 saturated heterocycles. The molecule has 0 aromatic heterocycles. The number of thioether (sulfide) groups is 1. The molecule has 0 bridgehead atoms. The van der Waals surface area contributed by atoms with Crippen molar-refractivity contribution in [2.24, 2.45) is 0 Å². The number of halogens is 1. The quantitative estimate of drug-likeness (QED) is 0.665. The Kier molecular flexibility index (Phi) is 7.80. The highest BCUT2D eigenvalue weighted by atomic mass is 35.5. The number of aliphatic hydroxyl groups excluding tert-OH is 1. The summed E-state index contributed by atoms with van der Waals surface area (Å²) in [5, 5.41) is 13.1. The number of carbonyl (C=O) groups is 1. The molecule has 0 spiro atoms. The highest BCUT2D eigenvalue weighted by molar-refractivity contribution is 8.00. The summed E-state index contributed by atoms with van der Waals surface area (Å²) in [6.45, 7) is 5.24. The van der Waals surface area contributed by atoms with E-state index in [1.807, 2.05) is 31.2 Å². The zero-order valence-electron chi connectivity index (χ0n) is 16.1. The van der Waals surface area contributed by atoms with Gasteiger partial charge in [-0.1, -0.05) is 35.9 Å². The molecule has 1 aliphatic heterocycles. The fraction of sp³-hybridized carbons (Fsp3) is 0.409. The zero-order chi connectivity index (χ0) is 19.9. The molecule has 1 amide bonds. The van der Waals surface area contributed by atoms with Gasteiger partial charge >= 0.3 is 0 Å². The lowest BCUT2D eigenvalue weighted by atomic mass is 10.1. The van der Waals surface area contributed by atoms with Gasteiger partial charge in [-0.2, -0.15) is 0 Å². The number of hydrogen-bond acceptors (Lipinski definition) is 4. The molecular formula is C22H27ClN2O2S. The molecule has 0 saturated carbocycles. The van der Waals surface area contributed by atoms with Crippen LogP contribution in [-0.2, 0) is 17.9 Å². The standard InChI is InChI=1S/C22H27ClN2O2S/c1-16(28-21-8-6-19(23)7-9-21)22(27)24-14-17-2-4-18(5-3-17)15-25-12-10-20(26)11-13-25/h2-9,16,20,26H,10-15H2,1H3,(H,24,27). The number of nitrogens with zero attached hydrogens (tertiary/aromatic N) is 1. The second-order valence-corrected chi connectivity index (χ2v) is 9.11. The van der Waals surface area contributed by atoms with E-state index in [1.165, 1.54) is 17.3 Å². The number of benzene rings is 2. The van der Waals surface area contributed by atoms with Crippen molar-refractivity contribution in [1.82, 2.24) is 10.2 Å². The molecule has 2 aromatic carbocycles. The maximum atomic E-state index is 12.4. The first-order chi connectivity index (χ1) is 13.5. The van der Waals surface area contributed by atoms with Crippen molar-refractivity contribution >= 4 is 29.3 Å². The second-order valence-electron chi connectivity index (χ2n) is 7.26. The number of hydrogen-bond donors (Lipinski definition) is 2. The number of amides is 1. The van der Waals surface area contributed by atoms with Gasteiger partial charge in [0.25, 0.3) is 0 Å². The summed E-state index contributed by atoms with van der Waals surface area (Å²) in [6.07, 6.45) is 1.58. The topological polar surface area (TPSA) is 52.6 Å². The maximum absolute atomic E-state index is 12.4. The van der Waals surface area contributed by atoms with Crippen LogP contribution in [0.2, 0.25) is 5.02 Å². The minimum Gasteiger partial charge on any atom is -0.393 e. The number of nitrogens with one attached hydrogen (secondary N) is 1. The Morgan fingerprint density at radius 2 is 1.75 bits per heavy atom. The summed E-state index contributed by atoms with van der Waals surface area (Å²) < 4.78 is 0. The van der Waals surface area contributed by atoms with Gasteiger partial charge in [0, 0.05) is 36.1 Å². The van der Waals surface area contributed by atoms with Crippen LogP contribution in [0.25, 0.3) is 0 Å². The highest BCUT2D eigenvalue weighted by Gasteiger charge is 2.17. The smallest absolute Gasteiger partial charge is 0.233 e. The number of aliphatic hydroxyl groups is 1. The van der Waals surface area contributed by atoms with E-state index < -0.39 is 0 Å². The second kappa shape index (κ2) is 10.3. The molecule has 150 valence electrons. The van der Waals surface area contributed by atoms with Crippen LogP contribution >= 0.6 is 23.4 Å². The van der Waals surface area contributed by atoms with Crippen LogP contribution in [0.1, 0.15) is 30.9 Å². The lowest BCUT2D eigenvalue weighted by Crippen LogP contribution is -2.35. The van der Waals surface area contributed by atoms with E-state index >= 15 is 0 Å². The van der Waals surface area contributed by atoms with Crippen molar-refractivity contribution in [3.63, 3.8) is 0 Å². The van der Waals surface area contributed by atoms with E-state index in [0.717, 1.165) is 42.9 Å². The summed E-state index contributed by atoms with van der Waals surface area (Å²) in [5.41, 5.74) is 2.35. The zero-order valence-corrected chi connectivity index (χ0v) is 17.7. The first-order valence-electron chi connectivity index (χ1n) is 9.68. The average Bonchev–Trinajstić information content (AvgIpc) is 2.70. The van der Waals surface area contributed by atoms with Crippen LogP contribution in [0.3, 0.4) is 0 Å². The van der Waals surface area contributed by atoms with E-state index in [-0.39, 0.29) is 17.3 Å². The fourth-order valence-corrected chi connectivity index (χ4v) is 4.22. The monoisotopic (exact) mass is 418 g/mol. The first kappa shape index (κ1) is 21.2. The minimum absolute atomic E-state index is 0.0240. The first-order valence-corrected chi connectivity index (χ1v) is 10.9.